The van der Waals surface area contributed by atoms with Gasteiger partial charge in [-0.05, 0) is 41.7 Å². The fourth-order valence-electron chi connectivity index (χ4n) is 2.67. The molecular formula is C21H24Cl2N2O2. The van der Waals surface area contributed by atoms with Gasteiger partial charge in [-0.15, -0.1) is 0 Å². The second kappa shape index (κ2) is 9.77. The molecule has 2 aromatic carbocycles. The maximum atomic E-state index is 12.2. The van der Waals surface area contributed by atoms with Crippen LogP contribution in [-0.4, -0.2) is 11.8 Å². The lowest BCUT2D eigenvalue weighted by Gasteiger charge is -2.13. The first-order valence-electron chi connectivity index (χ1n) is 8.90. The molecule has 0 saturated carbocycles. The number of nitrogens with one attached hydrogen (secondary N) is 2. The molecule has 0 aliphatic heterocycles. The lowest BCUT2D eigenvalue weighted by atomic mass is 10.0. The average molecular weight is 407 g/mol. The second-order valence-electron chi connectivity index (χ2n) is 6.99. The van der Waals surface area contributed by atoms with E-state index in [0.29, 0.717) is 21.7 Å². The monoisotopic (exact) mass is 406 g/mol. The van der Waals surface area contributed by atoms with Gasteiger partial charge in [0.25, 0.3) is 0 Å². The molecule has 144 valence electrons. The Hall–Kier alpha value is -2.04. The molecule has 0 heterocycles. The minimum Gasteiger partial charge on any atom is -0.326 e. The van der Waals surface area contributed by atoms with E-state index in [-0.39, 0.29) is 30.6 Å². The number of halogens is 2. The zero-order valence-corrected chi connectivity index (χ0v) is 17.2. The summed E-state index contributed by atoms with van der Waals surface area (Å²) in [7, 11) is 0. The Morgan fingerprint density at radius 2 is 1.48 bits per heavy atom. The molecule has 2 aromatic rings. The minimum absolute atomic E-state index is 0.113. The zero-order valence-electron chi connectivity index (χ0n) is 15.7. The quantitative estimate of drug-likeness (QED) is 0.582. The molecule has 27 heavy (non-hydrogen) atoms. The average Bonchev–Trinajstić information content (AvgIpc) is 2.59. The van der Waals surface area contributed by atoms with Crippen molar-refractivity contribution < 1.29 is 9.59 Å². The summed E-state index contributed by atoms with van der Waals surface area (Å²) in [4.78, 5) is 24.4. The third-order valence-corrected chi connectivity index (χ3v) is 4.97. The van der Waals surface area contributed by atoms with Gasteiger partial charge in [0.2, 0.25) is 11.8 Å². The lowest BCUT2D eigenvalue weighted by molar-refractivity contribution is -0.118. The van der Waals surface area contributed by atoms with E-state index >= 15 is 0 Å². The van der Waals surface area contributed by atoms with Gasteiger partial charge in [-0.3, -0.25) is 9.59 Å². The smallest absolute Gasteiger partial charge is 0.224 e. The first-order valence-corrected chi connectivity index (χ1v) is 9.65. The van der Waals surface area contributed by atoms with Crippen molar-refractivity contribution >= 4 is 46.4 Å². The number of hydrogen-bond donors (Lipinski definition) is 2. The molecule has 0 radical (unpaired) electrons. The lowest BCUT2D eigenvalue weighted by Crippen LogP contribution is -2.20. The number of anilines is 2. The molecule has 0 aromatic heterocycles. The van der Waals surface area contributed by atoms with E-state index in [2.05, 4.69) is 24.5 Å². The van der Waals surface area contributed by atoms with Gasteiger partial charge >= 0.3 is 0 Å². The summed E-state index contributed by atoms with van der Waals surface area (Å²) in [5.41, 5.74) is 2.44. The molecule has 4 nitrogen and oxygen atoms in total. The van der Waals surface area contributed by atoms with Crippen LogP contribution in [0.25, 0.3) is 0 Å². The highest BCUT2D eigenvalue weighted by molar-refractivity contribution is 6.43. The van der Waals surface area contributed by atoms with Gasteiger partial charge in [0.05, 0.1) is 15.7 Å². The van der Waals surface area contributed by atoms with Crippen molar-refractivity contribution in [1.29, 1.82) is 0 Å². The topological polar surface area (TPSA) is 58.2 Å². The molecule has 0 spiro atoms. The number of hydrogen-bond acceptors (Lipinski definition) is 2. The standard InChI is InChI=1S/C21H24Cl2N2O2/c1-13(2)15-7-9-16(10-8-15)24-19(26)11-14(3)12-20(27)25-18-6-4-5-17(22)21(18)23/h4-10,13-14H,11-12H2,1-3H3,(H,24,26)(H,25,27). The maximum Gasteiger partial charge on any atom is 0.224 e. The predicted molar refractivity (Wildman–Crippen MR) is 113 cm³/mol. The van der Waals surface area contributed by atoms with E-state index in [9.17, 15) is 9.59 Å². The summed E-state index contributed by atoms with van der Waals surface area (Å²) in [5.74, 6) is 0.00770. The molecule has 2 N–H and O–H groups in total. The Morgan fingerprint density at radius 3 is 2.07 bits per heavy atom. The van der Waals surface area contributed by atoms with Gasteiger partial charge in [0, 0.05) is 18.5 Å². The largest absolute Gasteiger partial charge is 0.326 e. The van der Waals surface area contributed by atoms with Crippen molar-refractivity contribution in [3.63, 3.8) is 0 Å². The Balaban J connectivity index is 1.83. The van der Waals surface area contributed by atoms with Gasteiger partial charge in [-0.1, -0.05) is 62.2 Å². The molecule has 0 aliphatic carbocycles. The summed E-state index contributed by atoms with van der Waals surface area (Å²) in [6.45, 7) is 6.11. The minimum atomic E-state index is -0.208. The van der Waals surface area contributed by atoms with Crippen LogP contribution in [0.1, 0.15) is 45.1 Å². The van der Waals surface area contributed by atoms with E-state index in [1.165, 1.54) is 5.56 Å². The van der Waals surface area contributed by atoms with Crippen molar-refractivity contribution in [2.75, 3.05) is 10.6 Å². The van der Waals surface area contributed by atoms with Crippen LogP contribution in [0, 0.1) is 5.92 Å². The van der Waals surface area contributed by atoms with Gasteiger partial charge in [-0.25, -0.2) is 0 Å². The highest BCUT2D eigenvalue weighted by Crippen LogP contribution is 2.29. The normalized spacial score (nSPS) is 11.9. The van der Waals surface area contributed by atoms with E-state index < -0.39 is 0 Å². The van der Waals surface area contributed by atoms with Crippen LogP contribution < -0.4 is 10.6 Å². The van der Waals surface area contributed by atoms with Crippen LogP contribution in [0.5, 0.6) is 0 Å². The van der Waals surface area contributed by atoms with Crippen molar-refractivity contribution in [3.8, 4) is 0 Å². The number of carbonyl (C=O) groups is 2. The van der Waals surface area contributed by atoms with E-state index in [4.69, 9.17) is 23.2 Å². The van der Waals surface area contributed by atoms with Crippen LogP contribution in [0.15, 0.2) is 42.5 Å². The fourth-order valence-corrected chi connectivity index (χ4v) is 3.02. The Bertz CT molecular complexity index is 804. The second-order valence-corrected chi connectivity index (χ2v) is 7.77. The molecule has 1 atom stereocenters. The summed E-state index contributed by atoms with van der Waals surface area (Å²) in [6, 6.07) is 12.9. The van der Waals surface area contributed by atoms with Crippen LogP contribution >= 0.6 is 23.2 Å². The highest BCUT2D eigenvalue weighted by Gasteiger charge is 2.15. The molecule has 2 rings (SSSR count). The van der Waals surface area contributed by atoms with Gasteiger partial charge in [0.15, 0.2) is 0 Å². The Morgan fingerprint density at radius 1 is 0.889 bits per heavy atom. The maximum absolute atomic E-state index is 12.2. The van der Waals surface area contributed by atoms with Crippen molar-refractivity contribution in [1.82, 2.24) is 0 Å². The first kappa shape index (κ1) is 21.3. The third-order valence-electron chi connectivity index (χ3n) is 4.15. The number of carbonyl (C=O) groups excluding carboxylic acids is 2. The SMILES string of the molecule is CC(CC(=O)Nc1ccc(C(C)C)cc1)CC(=O)Nc1cccc(Cl)c1Cl. The first-order chi connectivity index (χ1) is 12.8. The van der Waals surface area contributed by atoms with Crippen LogP contribution in [-0.2, 0) is 9.59 Å². The Labute approximate surface area is 170 Å². The number of benzene rings is 2. The molecule has 0 saturated heterocycles. The van der Waals surface area contributed by atoms with Gasteiger partial charge in [0.1, 0.15) is 0 Å². The predicted octanol–water partition coefficient (Wildman–Crippen LogP) is 6.11. The van der Waals surface area contributed by atoms with Crippen LogP contribution in [0.3, 0.4) is 0 Å². The molecule has 2 amide bonds. The third kappa shape index (κ3) is 6.56. The zero-order chi connectivity index (χ0) is 20.0. The van der Waals surface area contributed by atoms with E-state index in [1.807, 2.05) is 31.2 Å². The van der Waals surface area contributed by atoms with Crippen molar-refractivity contribution in [2.45, 2.75) is 39.5 Å². The molecule has 0 aliphatic rings. The number of amides is 2. The molecule has 6 heteroatoms. The summed E-state index contributed by atoms with van der Waals surface area (Å²) >= 11 is 12.0. The molecule has 0 bridgehead atoms. The van der Waals surface area contributed by atoms with Crippen molar-refractivity contribution in [2.24, 2.45) is 5.92 Å². The van der Waals surface area contributed by atoms with Gasteiger partial charge in [-0.2, -0.15) is 0 Å². The summed E-state index contributed by atoms with van der Waals surface area (Å²) in [5, 5.41) is 6.29. The number of rotatable bonds is 7. The summed E-state index contributed by atoms with van der Waals surface area (Å²) < 4.78 is 0. The van der Waals surface area contributed by atoms with Crippen molar-refractivity contribution in [3.05, 3.63) is 58.1 Å². The Kier molecular flexibility index (Phi) is 7.69. The van der Waals surface area contributed by atoms with Crippen LogP contribution in [0.2, 0.25) is 10.0 Å². The van der Waals surface area contributed by atoms with Crippen LogP contribution in [0.4, 0.5) is 11.4 Å². The van der Waals surface area contributed by atoms with E-state index in [1.54, 1.807) is 18.2 Å². The summed E-state index contributed by atoms with van der Waals surface area (Å²) in [6.07, 6.45) is 0.463. The van der Waals surface area contributed by atoms with Gasteiger partial charge < -0.3 is 10.6 Å². The highest BCUT2D eigenvalue weighted by atomic mass is 35.5. The van der Waals surface area contributed by atoms with E-state index in [0.717, 1.165) is 5.69 Å². The molecular weight excluding hydrogens is 383 g/mol. The fraction of sp³-hybridized carbons (Fsp3) is 0.333. The molecule has 0 fully saturated rings. The molecule has 1 unspecified atom stereocenters.